The van der Waals surface area contributed by atoms with E-state index in [1.165, 1.54) is 17.6 Å². The summed E-state index contributed by atoms with van der Waals surface area (Å²) < 4.78 is 0. The number of halogens is 1. The molecule has 2 nitrogen and oxygen atoms in total. The summed E-state index contributed by atoms with van der Waals surface area (Å²) in [6.07, 6.45) is 1.34. The van der Waals surface area contributed by atoms with Crippen molar-refractivity contribution < 1.29 is 5.21 Å². The van der Waals surface area contributed by atoms with Crippen LogP contribution in [0.15, 0.2) is 16.6 Å². The molecule has 0 radical (unpaired) electrons. The Morgan fingerprint density at radius 3 is 3.00 bits per heavy atom. The van der Waals surface area contributed by atoms with Gasteiger partial charge in [0.2, 0.25) is 0 Å². The Morgan fingerprint density at radius 1 is 1.78 bits per heavy atom. The molecule has 48 valence electrons. The van der Waals surface area contributed by atoms with E-state index in [0.29, 0.717) is 5.02 Å². The zero-order chi connectivity index (χ0) is 6.69. The van der Waals surface area contributed by atoms with Crippen molar-refractivity contribution in [1.82, 2.24) is 0 Å². The van der Waals surface area contributed by atoms with Crippen LogP contribution in [0.5, 0.6) is 0 Å². The Bertz CT molecular complexity index is 220. The maximum Gasteiger partial charge on any atom is 0.0834 e. The molecule has 0 spiro atoms. The van der Waals surface area contributed by atoms with Crippen molar-refractivity contribution in [3.63, 3.8) is 0 Å². The molecule has 0 amide bonds. The van der Waals surface area contributed by atoms with E-state index in [1.807, 2.05) is 0 Å². The summed E-state index contributed by atoms with van der Waals surface area (Å²) in [6, 6.07) is 1.73. The van der Waals surface area contributed by atoms with Crippen molar-refractivity contribution in [1.29, 1.82) is 0 Å². The number of hydrogen-bond donors (Lipinski definition) is 1. The van der Waals surface area contributed by atoms with Gasteiger partial charge in [0.05, 0.1) is 16.1 Å². The van der Waals surface area contributed by atoms with Crippen LogP contribution in [0, 0.1) is 0 Å². The fraction of sp³-hybridized carbons (Fsp3) is 0. The topological polar surface area (TPSA) is 32.6 Å². The molecule has 0 bridgehead atoms. The van der Waals surface area contributed by atoms with Gasteiger partial charge in [0.15, 0.2) is 0 Å². The molecule has 0 saturated carbocycles. The van der Waals surface area contributed by atoms with Crippen LogP contribution in [-0.2, 0) is 0 Å². The molecule has 1 N–H and O–H groups in total. The minimum absolute atomic E-state index is 0.676. The number of oxime groups is 1. The smallest absolute Gasteiger partial charge is 0.0834 e. The van der Waals surface area contributed by atoms with Crippen LogP contribution < -0.4 is 0 Å². The summed E-state index contributed by atoms with van der Waals surface area (Å²) in [5.74, 6) is 0. The molecule has 0 unspecified atom stereocenters. The van der Waals surface area contributed by atoms with E-state index in [-0.39, 0.29) is 0 Å². The number of nitrogens with zero attached hydrogens (tertiary/aromatic N) is 1. The second-order valence-electron chi connectivity index (χ2n) is 1.41. The van der Waals surface area contributed by atoms with Gasteiger partial charge in [0, 0.05) is 5.38 Å². The first-order chi connectivity index (χ1) is 4.33. The van der Waals surface area contributed by atoms with E-state index in [9.17, 15) is 0 Å². The van der Waals surface area contributed by atoms with E-state index in [0.717, 1.165) is 4.88 Å². The van der Waals surface area contributed by atoms with Crippen molar-refractivity contribution in [2.24, 2.45) is 5.16 Å². The lowest BCUT2D eigenvalue weighted by atomic mass is 10.5. The molecule has 0 aromatic carbocycles. The standard InChI is InChI=1S/C5H4ClNOS/c6-4-1-5(2-7-8)9-3-4/h1-3,8H/b7-2+. The highest BCUT2D eigenvalue weighted by Crippen LogP contribution is 2.16. The maximum atomic E-state index is 8.06. The molecular weight excluding hydrogens is 158 g/mol. The second kappa shape index (κ2) is 2.85. The molecule has 1 heterocycles. The van der Waals surface area contributed by atoms with Crippen LogP contribution in [0.2, 0.25) is 5.02 Å². The minimum atomic E-state index is 0.676. The molecule has 4 heteroatoms. The first kappa shape index (κ1) is 6.58. The highest BCUT2D eigenvalue weighted by atomic mass is 35.5. The molecule has 0 atom stereocenters. The third-order valence-corrected chi connectivity index (χ3v) is 1.99. The molecule has 0 aliphatic heterocycles. The number of thiophene rings is 1. The van der Waals surface area contributed by atoms with E-state index in [2.05, 4.69) is 5.16 Å². The second-order valence-corrected chi connectivity index (χ2v) is 2.79. The Labute approximate surface area is 61.4 Å². The minimum Gasteiger partial charge on any atom is -0.411 e. The average molecular weight is 162 g/mol. The third-order valence-electron chi connectivity index (χ3n) is 0.773. The Hall–Kier alpha value is -0.540. The fourth-order valence-electron chi connectivity index (χ4n) is 0.453. The van der Waals surface area contributed by atoms with E-state index >= 15 is 0 Å². The first-order valence-corrected chi connectivity index (χ1v) is 3.50. The lowest BCUT2D eigenvalue weighted by Gasteiger charge is -1.74. The van der Waals surface area contributed by atoms with Crippen LogP contribution in [0.4, 0.5) is 0 Å². The van der Waals surface area contributed by atoms with Crippen molar-refractivity contribution in [3.05, 3.63) is 21.3 Å². The van der Waals surface area contributed by atoms with Crippen LogP contribution in [0.1, 0.15) is 4.88 Å². The summed E-state index contributed by atoms with van der Waals surface area (Å²) in [5, 5.41) is 13.4. The van der Waals surface area contributed by atoms with E-state index in [1.54, 1.807) is 11.4 Å². The lowest BCUT2D eigenvalue weighted by Crippen LogP contribution is -1.68. The Balaban J connectivity index is 2.85. The first-order valence-electron chi connectivity index (χ1n) is 2.24. The van der Waals surface area contributed by atoms with Crippen LogP contribution in [0.3, 0.4) is 0 Å². The highest BCUT2D eigenvalue weighted by Gasteiger charge is 1.91. The van der Waals surface area contributed by atoms with E-state index < -0.39 is 0 Å². The van der Waals surface area contributed by atoms with Gasteiger partial charge in [-0.05, 0) is 6.07 Å². The monoisotopic (exact) mass is 161 g/mol. The molecule has 0 aliphatic carbocycles. The number of hydrogen-bond acceptors (Lipinski definition) is 3. The van der Waals surface area contributed by atoms with Crippen molar-refractivity contribution >= 4 is 29.2 Å². The normalized spacial score (nSPS) is 10.8. The SMILES string of the molecule is O/N=C/c1cc(Cl)cs1. The molecule has 1 aromatic rings. The van der Waals surface area contributed by atoms with Crippen molar-refractivity contribution in [3.8, 4) is 0 Å². The zero-order valence-corrected chi connectivity index (χ0v) is 5.99. The van der Waals surface area contributed by atoms with Crippen LogP contribution in [-0.4, -0.2) is 11.4 Å². The Morgan fingerprint density at radius 2 is 2.56 bits per heavy atom. The number of rotatable bonds is 1. The van der Waals surface area contributed by atoms with Gasteiger partial charge in [-0.2, -0.15) is 0 Å². The quantitative estimate of drug-likeness (QED) is 0.382. The van der Waals surface area contributed by atoms with Crippen molar-refractivity contribution in [2.45, 2.75) is 0 Å². The van der Waals surface area contributed by atoms with E-state index in [4.69, 9.17) is 16.8 Å². The van der Waals surface area contributed by atoms with Gasteiger partial charge in [-0.25, -0.2) is 0 Å². The predicted molar refractivity (Wildman–Crippen MR) is 38.7 cm³/mol. The summed E-state index contributed by atoms with van der Waals surface area (Å²) in [5.41, 5.74) is 0. The van der Waals surface area contributed by atoms with Crippen molar-refractivity contribution in [2.75, 3.05) is 0 Å². The largest absolute Gasteiger partial charge is 0.411 e. The average Bonchev–Trinajstić information content (AvgIpc) is 2.17. The highest BCUT2D eigenvalue weighted by molar-refractivity contribution is 7.12. The summed E-state index contributed by atoms with van der Waals surface area (Å²) in [7, 11) is 0. The molecule has 9 heavy (non-hydrogen) atoms. The Kier molecular flexibility index (Phi) is 2.08. The molecular formula is C5H4ClNOS. The van der Waals surface area contributed by atoms with Gasteiger partial charge in [-0.1, -0.05) is 16.8 Å². The van der Waals surface area contributed by atoms with Gasteiger partial charge in [0.25, 0.3) is 0 Å². The molecule has 0 saturated heterocycles. The molecule has 0 aliphatic rings. The van der Waals surface area contributed by atoms with Gasteiger partial charge < -0.3 is 5.21 Å². The summed E-state index contributed by atoms with van der Waals surface area (Å²) >= 11 is 7.00. The fourth-order valence-corrected chi connectivity index (χ4v) is 1.39. The van der Waals surface area contributed by atoms with Gasteiger partial charge in [-0.3, -0.25) is 0 Å². The third kappa shape index (κ3) is 1.69. The lowest BCUT2D eigenvalue weighted by molar-refractivity contribution is 0.322. The zero-order valence-electron chi connectivity index (χ0n) is 4.41. The maximum absolute atomic E-state index is 8.06. The summed E-state index contributed by atoms with van der Waals surface area (Å²) in [6.45, 7) is 0. The molecule has 0 fully saturated rings. The van der Waals surface area contributed by atoms with Gasteiger partial charge >= 0.3 is 0 Å². The van der Waals surface area contributed by atoms with Gasteiger partial charge in [-0.15, -0.1) is 11.3 Å². The summed E-state index contributed by atoms with van der Waals surface area (Å²) in [4.78, 5) is 0.850. The van der Waals surface area contributed by atoms with Crippen LogP contribution >= 0.6 is 22.9 Å². The van der Waals surface area contributed by atoms with Crippen LogP contribution in [0.25, 0.3) is 0 Å². The molecule has 1 rings (SSSR count). The molecule has 1 aromatic heterocycles. The predicted octanol–water partition coefficient (Wildman–Crippen LogP) is 2.21. The van der Waals surface area contributed by atoms with Gasteiger partial charge in [0.1, 0.15) is 0 Å².